The number of nitrogens with zero attached hydrogens (tertiary/aromatic N) is 3. The summed E-state index contributed by atoms with van der Waals surface area (Å²) in [7, 11) is 0. The van der Waals surface area contributed by atoms with Crippen LogP contribution in [0.2, 0.25) is 0 Å². The molecule has 0 saturated carbocycles. The van der Waals surface area contributed by atoms with E-state index in [4.69, 9.17) is 0 Å². The van der Waals surface area contributed by atoms with Gasteiger partial charge in [-0.3, -0.25) is 14.6 Å². The SMILES string of the molecule is Cc1ccc(N2CC(C(=O)Nc3nc(-c4ccccn4)cs3)CC2=O)c(F)c1. The number of amides is 2. The summed E-state index contributed by atoms with van der Waals surface area (Å²) in [5.74, 6) is -1.59. The molecular weight excluding hydrogens is 379 g/mol. The standard InChI is InChI=1S/C20H17FN4O2S/c1-12-5-6-17(14(21)8-12)25-10-13(9-18(25)26)19(27)24-20-23-16(11-28-20)15-4-2-3-7-22-15/h2-8,11,13H,9-10H2,1H3,(H,23,24,27). The van der Waals surface area contributed by atoms with E-state index in [2.05, 4.69) is 15.3 Å². The number of rotatable bonds is 4. The first-order valence-electron chi connectivity index (χ1n) is 8.75. The zero-order valence-electron chi connectivity index (χ0n) is 15.1. The fourth-order valence-electron chi connectivity index (χ4n) is 3.12. The number of thiazole rings is 1. The predicted molar refractivity (Wildman–Crippen MR) is 106 cm³/mol. The Kier molecular flexibility index (Phi) is 4.87. The number of carbonyl (C=O) groups is 2. The van der Waals surface area contributed by atoms with Crippen LogP contribution in [0.25, 0.3) is 11.4 Å². The smallest absolute Gasteiger partial charge is 0.231 e. The summed E-state index contributed by atoms with van der Waals surface area (Å²) in [6, 6.07) is 10.2. The lowest BCUT2D eigenvalue weighted by atomic mass is 10.1. The van der Waals surface area contributed by atoms with Crippen molar-refractivity contribution in [2.45, 2.75) is 13.3 Å². The molecule has 1 atom stereocenters. The summed E-state index contributed by atoms with van der Waals surface area (Å²) in [5, 5.41) is 5.01. The zero-order valence-corrected chi connectivity index (χ0v) is 15.9. The minimum absolute atomic E-state index is 0.0393. The van der Waals surface area contributed by atoms with Crippen molar-refractivity contribution in [3.63, 3.8) is 0 Å². The summed E-state index contributed by atoms with van der Waals surface area (Å²) in [6.07, 6.45) is 1.72. The van der Waals surface area contributed by atoms with Crippen molar-refractivity contribution in [3.05, 3.63) is 59.4 Å². The molecule has 2 aromatic heterocycles. The van der Waals surface area contributed by atoms with E-state index < -0.39 is 11.7 Å². The highest BCUT2D eigenvalue weighted by atomic mass is 32.1. The second kappa shape index (κ2) is 7.47. The van der Waals surface area contributed by atoms with Crippen LogP contribution in [-0.4, -0.2) is 28.3 Å². The average Bonchev–Trinajstić information content (AvgIpc) is 3.29. The summed E-state index contributed by atoms with van der Waals surface area (Å²) < 4.78 is 14.2. The molecule has 1 unspecified atom stereocenters. The van der Waals surface area contributed by atoms with Crippen molar-refractivity contribution in [1.29, 1.82) is 0 Å². The number of pyridine rings is 1. The maximum atomic E-state index is 14.2. The summed E-state index contributed by atoms with van der Waals surface area (Å²) in [6.45, 7) is 1.92. The molecule has 6 nitrogen and oxygen atoms in total. The van der Waals surface area contributed by atoms with Gasteiger partial charge in [0.25, 0.3) is 0 Å². The lowest BCUT2D eigenvalue weighted by Gasteiger charge is -2.17. The number of hydrogen-bond acceptors (Lipinski definition) is 5. The van der Waals surface area contributed by atoms with Crippen molar-refractivity contribution >= 4 is 34.0 Å². The molecule has 1 aliphatic rings. The highest BCUT2D eigenvalue weighted by Gasteiger charge is 2.36. The third-order valence-electron chi connectivity index (χ3n) is 4.55. The topological polar surface area (TPSA) is 75.2 Å². The Morgan fingerprint density at radius 1 is 1.29 bits per heavy atom. The number of nitrogens with one attached hydrogen (secondary N) is 1. The average molecular weight is 396 g/mol. The third-order valence-corrected chi connectivity index (χ3v) is 5.31. The minimum atomic E-state index is -0.560. The first-order valence-corrected chi connectivity index (χ1v) is 9.63. The highest BCUT2D eigenvalue weighted by Crippen LogP contribution is 2.29. The van der Waals surface area contributed by atoms with Crippen molar-refractivity contribution in [2.75, 3.05) is 16.8 Å². The monoisotopic (exact) mass is 396 g/mol. The van der Waals surface area contributed by atoms with Crippen LogP contribution in [0.5, 0.6) is 0 Å². The normalized spacial score (nSPS) is 16.4. The van der Waals surface area contributed by atoms with Gasteiger partial charge in [-0.15, -0.1) is 11.3 Å². The van der Waals surface area contributed by atoms with Gasteiger partial charge >= 0.3 is 0 Å². The molecule has 1 aromatic carbocycles. The number of hydrogen-bond donors (Lipinski definition) is 1. The van der Waals surface area contributed by atoms with E-state index in [1.165, 1.54) is 22.3 Å². The Bertz CT molecular complexity index is 1040. The molecule has 0 bridgehead atoms. The number of aryl methyl sites for hydroxylation is 1. The number of benzene rings is 1. The van der Waals surface area contributed by atoms with E-state index in [9.17, 15) is 14.0 Å². The van der Waals surface area contributed by atoms with E-state index in [1.54, 1.807) is 25.3 Å². The van der Waals surface area contributed by atoms with Crippen molar-refractivity contribution < 1.29 is 14.0 Å². The van der Waals surface area contributed by atoms with Crippen molar-refractivity contribution in [2.24, 2.45) is 5.92 Å². The fraction of sp³-hybridized carbons (Fsp3) is 0.200. The molecule has 1 fully saturated rings. The second-order valence-electron chi connectivity index (χ2n) is 6.60. The van der Waals surface area contributed by atoms with Gasteiger partial charge < -0.3 is 10.2 Å². The Morgan fingerprint density at radius 3 is 2.89 bits per heavy atom. The Morgan fingerprint density at radius 2 is 2.14 bits per heavy atom. The Hall–Kier alpha value is -3.13. The number of halogens is 1. The van der Waals surface area contributed by atoms with E-state index in [-0.39, 0.29) is 30.5 Å². The van der Waals surface area contributed by atoms with Crippen LogP contribution in [-0.2, 0) is 9.59 Å². The van der Waals surface area contributed by atoms with Crippen molar-refractivity contribution in [3.8, 4) is 11.4 Å². The number of carbonyl (C=O) groups excluding carboxylic acids is 2. The van der Waals surface area contributed by atoms with Crippen LogP contribution in [0.3, 0.4) is 0 Å². The van der Waals surface area contributed by atoms with Gasteiger partial charge in [0.1, 0.15) is 11.5 Å². The molecule has 0 radical (unpaired) electrons. The molecule has 3 heterocycles. The number of anilines is 2. The Balaban J connectivity index is 1.45. The van der Waals surface area contributed by atoms with Gasteiger partial charge in [-0.05, 0) is 36.8 Å². The molecule has 2 amide bonds. The second-order valence-corrected chi connectivity index (χ2v) is 7.46. The first kappa shape index (κ1) is 18.2. The predicted octanol–water partition coefficient (Wildman–Crippen LogP) is 3.64. The molecule has 0 spiro atoms. The van der Waals surface area contributed by atoms with E-state index in [0.717, 1.165) is 11.3 Å². The van der Waals surface area contributed by atoms with E-state index in [0.29, 0.717) is 10.8 Å². The lowest BCUT2D eigenvalue weighted by Crippen LogP contribution is -2.28. The maximum Gasteiger partial charge on any atom is 0.231 e. The molecule has 1 aliphatic heterocycles. The number of aromatic nitrogens is 2. The molecule has 142 valence electrons. The molecule has 0 aliphatic carbocycles. The molecule has 8 heteroatoms. The van der Waals surface area contributed by atoms with Gasteiger partial charge in [0.2, 0.25) is 11.8 Å². The van der Waals surface area contributed by atoms with Crippen LogP contribution < -0.4 is 10.2 Å². The quantitative estimate of drug-likeness (QED) is 0.731. The van der Waals surface area contributed by atoms with Gasteiger partial charge in [-0.25, -0.2) is 9.37 Å². The highest BCUT2D eigenvalue weighted by molar-refractivity contribution is 7.14. The van der Waals surface area contributed by atoms with Crippen molar-refractivity contribution in [1.82, 2.24) is 9.97 Å². The molecule has 1 saturated heterocycles. The lowest BCUT2D eigenvalue weighted by molar-refractivity contribution is -0.122. The fourth-order valence-corrected chi connectivity index (χ4v) is 3.82. The summed E-state index contributed by atoms with van der Waals surface area (Å²) >= 11 is 1.29. The van der Waals surface area contributed by atoms with Crippen LogP contribution in [0.4, 0.5) is 15.2 Å². The van der Waals surface area contributed by atoms with Crippen LogP contribution in [0.1, 0.15) is 12.0 Å². The van der Waals surface area contributed by atoms with Gasteiger partial charge in [0.15, 0.2) is 5.13 Å². The minimum Gasteiger partial charge on any atom is -0.309 e. The molecule has 28 heavy (non-hydrogen) atoms. The van der Waals surface area contributed by atoms with E-state index >= 15 is 0 Å². The summed E-state index contributed by atoms with van der Waals surface area (Å²) in [4.78, 5) is 34.9. The van der Waals surface area contributed by atoms with Gasteiger partial charge in [0, 0.05) is 24.5 Å². The largest absolute Gasteiger partial charge is 0.309 e. The molecular formula is C20H17FN4O2S. The third kappa shape index (κ3) is 3.63. The van der Waals surface area contributed by atoms with Crippen LogP contribution in [0, 0.1) is 18.7 Å². The maximum absolute atomic E-state index is 14.2. The van der Waals surface area contributed by atoms with E-state index in [1.807, 2.05) is 23.6 Å². The Labute approximate surface area is 165 Å². The zero-order chi connectivity index (χ0) is 19.7. The molecule has 4 rings (SSSR count). The van der Waals surface area contributed by atoms with Crippen LogP contribution in [0.15, 0.2) is 48.0 Å². The summed E-state index contributed by atoms with van der Waals surface area (Å²) in [5.41, 5.74) is 2.37. The first-order chi connectivity index (χ1) is 13.5. The van der Waals surface area contributed by atoms with Gasteiger partial charge in [0.05, 0.1) is 17.3 Å². The van der Waals surface area contributed by atoms with Gasteiger partial charge in [-0.2, -0.15) is 0 Å². The molecule has 1 N–H and O–H groups in total. The van der Waals surface area contributed by atoms with Crippen LogP contribution >= 0.6 is 11.3 Å². The van der Waals surface area contributed by atoms with Gasteiger partial charge in [-0.1, -0.05) is 12.1 Å². The molecule has 3 aromatic rings.